The number of phenols is 1. The second-order valence-electron chi connectivity index (χ2n) is 5.14. The number of ether oxygens (including phenoxy) is 3. The zero-order valence-corrected chi connectivity index (χ0v) is 15.8. The van der Waals surface area contributed by atoms with Crippen molar-refractivity contribution in [1.29, 1.82) is 0 Å². The van der Waals surface area contributed by atoms with E-state index in [0.717, 1.165) is 0 Å². The van der Waals surface area contributed by atoms with Crippen LogP contribution in [0, 0.1) is 6.92 Å². The van der Waals surface area contributed by atoms with Crippen molar-refractivity contribution in [2.24, 2.45) is 0 Å². The number of aldehydes is 1. The van der Waals surface area contributed by atoms with Crippen LogP contribution in [0.4, 0.5) is 0 Å². The quantitative estimate of drug-likeness (QED) is 0.581. The van der Waals surface area contributed by atoms with E-state index in [0.29, 0.717) is 16.3 Å². The number of aromatic hydroxyl groups is 1. The first-order valence-electron chi connectivity index (χ1n) is 7.22. The van der Waals surface area contributed by atoms with E-state index >= 15 is 0 Å². The Morgan fingerprint density at radius 2 is 1.72 bits per heavy atom. The summed E-state index contributed by atoms with van der Waals surface area (Å²) in [6.45, 7) is 1.65. The van der Waals surface area contributed by atoms with Gasteiger partial charge in [-0.3, -0.25) is 9.59 Å². The van der Waals surface area contributed by atoms with Crippen LogP contribution in [-0.4, -0.2) is 38.5 Å². The molecule has 0 saturated heterocycles. The molecule has 0 aliphatic heterocycles. The van der Waals surface area contributed by atoms with E-state index in [1.54, 1.807) is 19.1 Å². The topological polar surface area (TPSA) is 82.1 Å². The lowest BCUT2D eigenvalue weighted by atomic mass is 9.93. The number of carbonyl (C=O) groups excluding carboxylic acids is 2. The van der Waals surface area contributed by atoms with Crippen molar-refractivity contribution in [3.8, 4) is 23.0 Å². The molecule has 0 aliphatic rings. The van der Waals surface area contributed by atoms with Crippen LogP contribution in [0.15, 0.2) is 22.7 Å². The molecule has 1 N–H and O–H groups in total. The van der Waals surface area contributed by atoms with Gasteiger partial charge in [0.25, 0.3) is 0 Å². The highest BCUT2D eigenvalue weighted by Gasteiger charge is 2.28. The van der Waals surface area contributed by atoms with Gasteiger partial charge >= 0.3 is 0 Å². The third kappa shape index (κ3) is 3.19. The molecule has 2 rings (SSSR count). The average molecular weight is 409 g/mol. The monoisotopic (exact) mass is 408 g/mol. The number of halogens is 1. The van der Waals surface area contributed by atoms with Crippen LogP contribution in [0.25, 0.3) is 0 Å². The van der Waals surface area contributed by atoms with E-state index in [1.165, 1.54) is 27.4 Å². The van der Waals surface area contributed by atoms with E-state index < -0.39 is 5.78 Å². The molecule has 0 fully saturated rings. The SMILES string of the molecule is COc1ccc(Br)c(C=O)c1C(=O)c1c(C)cc(O)c(OC)c1OC. The Balaban J connectivity index is 2.84. The van der Waals surface area contributed by atoms with Crippen molar-refractivity contribution >= 4 is 28.0 Å². The summed E-state index contributed by atoms with van der Waals surface area (Å²) in [5, 5.41) is 10.0. The largest absolute Gasteiger partial charge is 0.504 e. The number of rotatable bonds is 6. The predicted molar refractivity (Wildman–Crippen MR) is 95.5 cm³/mol. The second-order valence-corrected chi connectivity index (χ2v) is 5.99. The molecule has 0 radical (unpaired) electrons. The first-order chi connectivity index (χ1) is 11.9. The standard InChI is InChI=1S/C18H17BrO6/c1-9-7-12(21)17(24-3)18(25-4)14(9)16(22)15-10(8-20)11(19)5-6-13(15)23-2/h5-8,21H,1-4H3. The van der Waals surface area contributed by atoms with Gasteiger partial charge in [-0.05, 0) is 30.7 Å². The minimum absolute atomic E-state index is 0.0399. The maximum atomic E-state index is 13.3. The van der Waals surface area contributed by atoms with Crippen LogP contribution in [0.2, 0.25) is 0 Å². The maximum absolute atomic E-state index is 13.3. The molecule has 0 saturated carbocycles. The summed E-state index contributed by atoms with van der Waals surface area (Å²) in [6.07, 6.45) is 0.583. The summed E-state index contributed by atoms with van der Waals surface area (Å²) in [4.78, 5) is 24.8. The second kappa shape index (κ2) is 7.57. The zero-order valence-electron chi connectivity index (χ0n) is 14.2. The number of methoxy groups -OCH3 is 3. The van der Waals surface area contributed by atoms with Crippen molar-refractivity contribution in [2.45, 2.75) is 6.92 Å². The summed E-state index contributed by atoms with van der Waals surface area (Å²) < 4.78 is 16.2. The van der Waals surface area contributed by atoms with E-state index in [1.807, 2.05) is 0 Å². The molecule has 7 heteroatoms. The molecule has 2 aromatic rings. The summed E-state index contributed by atoms with van der Waals surface area (Å²) in [6, 6.07) is 4.62. The van der Waals surface area contributed by atoms with Crippen LogP contribution in [-0.2, 0) is 0 Å². The maximum Gasteiger partial charge on any atom is 0.203 e. The first kappa shape index (κ1) is 18.8. The zero-order chi connectivity index (χ0) is 18.7. The lowest BCUT2D eigenvalue weighted by Crippen LogP contribution is -2.12. The minimum atomic E-state index is -0.479. The highest BCUT2D eigenvalue weighted by molar-refractivity contribution is 9.10. The fourth-order valence-electron chi connectivity index (χ4n) is 2.64. The molecular formula is C18H17BrO6. The smallest absolute Gasteiger partial charge is 0.203 e. The van der Waals surface area contributed by atoms with Gasteiger partial charge in [0, 0.05) is 10.0 Å². The van der Waals surface area contributed by atoms with Gasteiger partial charge in [-0.25, -0.2) is 0 Å². The number of carbonyl (C=O) groups is 2. The Morgan fingerprint density at radius 3 is 2.24 bits per heavy atom. The molecule has 0 amide bonds. The summed E-state index contributed by atoms with van der Waals surface area (Å²) >= 11 is 3.27. The van der Waals surface area contributed by atoms with Crippen LogP contribution >= 0.6 is 15.9 Å². The number of hydrogen-bond acceptors (Lipinski definition) is 6. The van der Waals surface area contributed by atoms with Gasteiger partial charge in [-0.1, -0.05) is 15.9 Å². The predicted octanol–water partition coefficient (Wildman–Crippen LogP) is 3.53. The lowest BCUT2D eigenvalue weighted by molar-refractivity contribution is 0.102. The molecule has 0 aliphatic carbocycles. The van der Waals surface area contributed by atoms with Crippen LogP contribution in [0.3, 0.4) is 0 Å². The van der Waals surface area contributed by atoms with Crippen molar-refractivity contribution in [3.63, 3.8) is 0 Å². The van der Waals surface area contributed by atoms with Crippen LogP contribution < -0.4 is 14.2 Å². The molecule has 2 aromatic carbocycles. The third-order valence-corrected chi connectivity index (χ3v) is 4.46. The van der Waals surface area contributed by atoms with Crippen molar-refractivity contribution < 1.29 is 28.9 Å². The highest BCUT2D eigenvalue weighted by Crippen LogP contribution is 2.43. The number of ketones is 1. The fraction of sp³-hybridized carbons (Fsp3) is 0.222. The number of aryl methyl sites for hydroxylation is 1. The van der Waals surface area contributed by atoms with Gasteiger partial charge in [0.15, 0.2) is 17.8 Å². The lowest BCUT2D eigenvalue weighted by Gasteiger charge is -2.18. The van der Waals surface area contributed by atoms with Gasteiger partial charge in [0.2, 0.25) is 11.5 Å². The summed E-state index contributed by atoms with van der Waals surface area (Å²) in [5.74, 6) is -0.246. The van der Waals surface area contributed by atoms with E-state index in [-0.39, 0.29) is 39.7 Å². The van der Waals surface area contributed by atoms with Crippen molar-refractivity contribution in [3.05, 3.63) is 44.9 Å². The Morgan fingerprint density at radius 1 is 1.08 bits per heavy atom. The molecule has 132 valence electrons. The van der Waals surface area contributed by atoms with E-state index in [2.05, 4.69) is 15.9 Å². The molecule has 0 unspecified atom stereocenters. The molecular weight excluding hydrogens is 392 g/mol. The van der Waals surface area contributed by atoms with Gasteiger partial charge < -0.3 is 19.3 Å². The normalized spacial score (nSPS) is 10.3. The Kier molecular flexibility index (Phi) is 5.69. The Hall–Kier alpha value is -2.54. The highest BCUT2D eigenvalue weighted by atomic mass is 79.9. The van der Waals surface area contributed by atoms with Crippen LogP contribution in [0.1, 0.15) is 31.8 Å². The van der Waals surface area contributed by atoms with E-state index in [9.17, 15) is 14.7 Å². The summed E-state index contributed by atoms with van der Waals surface area (Å²) in [5.41, 5.74) is 0.912. The minimum Gasteiger partial charge on any atom is -0.504 e. The molecule has 0 spiro atoms. The molecule has 0 aromatic heterocycles. The molecule has 6 nitrogen and oxygen atoms in total. The van der Waals surface area contributed by atoms with Crippen molar-refractivity contribution in [1.82, 2.24) is 0 Å². The first-order valence-corrected chi connectivity index (χ1v) is 8.01. The van der Waals surface area contributed by atoms with Crippen LogP contribution in [0.5, 0.6) is 23.0 Å². The molecule has 0 bridgehead atoms. The molecule has 25 heavy (non-hydrogen) atoms. The number of phenolic OH excluding ortho intramolecular Hbond substituents is 1. The van der Waals surface area contributed by atoms with Crippen molar-refractivity contribution in [2.75, 3.05) is 21.3 Å². The van der Waals surface area contributed by atoms with Gasteiger partial charge in [0.05, 0.1) is 32.5 Å². The average Bonchev–Trinajstić information content (AvgIpc) is 2.60. The Bertz CT molecular complexity index is 844. The molecule has 0 heterocycles. The van der Waals surface area contributed by atoms with Gasteiger partial charge in [0.1, 0.15) is 5.75 Å². The molecule has 0 atom stereocenters. The summed E-state index contributed by atoms with van der Waals surface area (Å²) in [7, 11) is 4.14. The van der Waals surface area contributed by atoms with Gasteiger partial charge in [-0.2, -0.15) is 0 Å². The van der Waals surface area contributed by atoms with E-state index in [4.69, 9.17) is 14.2 Å². The number of hydrogen-bond donors (Lipinski definition) is 1. The third-order valence-electron chi connectivity index (χ3n) is 3.77. The fourth-order valence-corrected chi connectivity index (χ4v) is 3.07. The van der Waals surface area contributed by atoms with Gasteiger partial charge in [-0.15, -0.1) is 0 Å². The number of benzene rings is 2. The Labute approximate surface area is 153 Å².